The number of anilines is 2. The Morgan fingerprint density at radius 2 is 1.71 bits per heavy atom. The topological polar surface area (TPSA) is 83.4 Å². The molecule has 3 N–H and O–H groups in total. The molecule has 0 unspecified atom stereocenters. The van der Waals surface area contributed by atoms with Crippen molar-refractivity contribution in [3.05, 3.63) is 70.9 Å². The summed E-state index contributed by atoms with van der Waals surface area (Å²) in [6.45, 7) is 2.04. The molecule has 0 saturated heterocycles. The molecule has 0 atom stereocenters. The van der Waals surface area contributed by atoms with Crippen LogP contribution in [0, 0.1) is 0 Å². The standard InChI is InChI=1S/C23H22BrN3O3S/c1-2-3-7-21(28)25-17-5-4-6-18(14-17)26-23(31)27-22(29)20-13-12-19(30-20)15-8-10-16(24)11-9-15/h4-6,8-14H,2-3,7H2,1H3,(H,25,28)(H2,26,27,29,31). The predicted octanol–water partition coefficient (Wildman–Crippen LogP) is 5.96. The molecule has 2 amide bonds. The summed E-state index contributed by atoms with van der Waals surface area (Å²) >= 11 is 8.63. The van der Waals surface area contributed by atoms with Gasteiger partial charge in [-0.25, -0.2) is 0 Å². The predicted molar refractivity (Wildman–Crippen MR) is 130 cm³/mol. The molecule has 1 heterocycles. The Morgan fingerprint density at radius 3 is 2.42 bits per heavy atom. The van der Waals surface area contributed by atoms with Crippen LogP contribution in [-0.4, -0.2) is 16.9 Å². The molecule has 2 aromatic carbocycles. The van der Waals surface area contributed by atoms with Gasteiger partial charge in [-0.1, -0.05) is 47.5 Å². The number of hydrogen-bond acceptors (Lipinski definition) is 4. The van der Waals surface area contributed by atoms with E-state index in [2.05, 4.69) is 31.9 Å². The highest BCUT2D eigenvalue weighted by atomic mass is 79.9. The van der Waals surface area contributed by atoms with Gasteiger partial charge in [0.2, 0.25) is 5.91 Å². The summed E-state index contributed by atoms with van der Waals surface area (Å²) in [5, 5.41) is 8.52. The molecule has 0 bridgehead atoms. The lowest BCUT2D eigenvalue weighted by Crippen LogP contribution is -2.33. The van der Waals surface area contributed by atoms with Crippen LogP contribution >= 0.6 is 28.1 Å². The lowest BCUT2D eigenvalue weighted by molar-refractivity contribution is -0.116. The largest absolute Gasteiger partial charge is 0.451 e. The van der Waals surface area contributed by atoms with Gasteiger partial charge in [-0.3, -0.25) is 14.9 Å². The van der Waals surface area contributed by atoms with E-state index < -0.39 is 5.91 Å². The molecule has 6 nitrogen and oxygen atoms in total. The van der Waals surface area contributed by atoms with Crippen molar-refractivity contribution < 1.29 is 14.0 Å². The van der Waals surface area contributed by atoms with Gasteiger partial charge >= 0.3 is 0 Å². The summed E-state index contributed by atoms with van der Waals surface area (Å²) in [5.74, 6) is 0.251. The minimum atomic E-state index is -0.454. The molecule has 1 aromatic heterocycles. The lowest BCUT2D eigenvalue weighted by atomic mass is 10.2. The number of unbranched alkanes of at least 4 members (excludes halogenated alkanes) is 1. The van der Waals surface area contributed by atoms with Gasteiger partial charge in [0, 0.05) is 27.8 Å². The average molecular weight is 500 g/mol. The molecule has 0 spiro atoms. The van der Waals surface area contributed by atoms with E-state index in [1.165, 1.54) is 0 Å². The van der Waals surface area contributed by atoms with Gasteiger partial charge < -0.3 is 15.1 Å². The first-order valence-electron chi connectivity index (χ1n) is 9.82. The molecule has 0 aliphatic heterocycles. The van der Waals surface area contributed by atoms with E-state index in [0.29, 0.717) is 23.6 Å². The summed E-state index contributed by atoms with van der Waals surface area (Å²) < 4.78 is 6.62. The fourth-order valence-electron chi connectivity index (χ4n) is 2.79. The quantitative estimate of drug-likeness (QED) is 0.349. The van der Waals surface area contributed by atoms with Crippen LogP contribution in [0.1, 0.15) is 36.7 Å². The van der Waals surface area contributed by atoms with Crippen molar-refractivity contribution in [3.63, 3.8) is 0 Å². The smallest absolute Gasteiger partial charge is 0.293 e. The number of amides is 2. The van der Waals surface area contributed by atoms with Gasteiger partial charge in [0.25, 0.3) is 5.91 Å². The van der Waals surface area contributed by atoms with Crippen molar-refractivity contribution in [2.45, 2.75) is 26.2 Å². The van der Waals surface area contributed by atoms with E-state index in [-0.39, 0.29) is 16.8 Å². The van der Waals surface area contributed by atoms with Gasteiger partial charge in [0.05, 0.1) is 0 Å². The molecule has 0 aliphatic carbocycles. The summed E-state index contributed by atoms with van der Waals surface area (Å²) in [7, 11) is 0. The van der Waals surface area contributed by atoms with E-state index in [0.717, 1.165) is 22.9 Å². The molecular weight excluding hydrogens is 478 g/mol. The first-order valence-corrected chi connectivity index (χ1v) is 11.0. The first-order chi connectivity index (χ1) is 14.9. The van der Waals surface area contributed by atoms with Crippen molar-refractivity contribution in [2.75, 3.05) is 10.6 Å². The van der Waals surface area contributed by atoms with E-state index >= 15 is 0 Å². The minimum Gasteiger partial charge on any atom is -0.451 e. The summed E-state index contributed by atoms with van der Waals surface area (Å²) in [5.41, 5.74) is 2.17. The summed E-state index contributed by atoms with van der Waals surface area (Å²) in [6, 6.07) is 18.0. The van der Waals surface area contributed by atoms with Gasteiger partial charge in [-0.05, 0) is 61.1 Å². The molecule has 3 aromatic rings. The van der Waals surface area contributed by atoms with Gasteiger partial charge in [-0.2, -0.15) is 0 Å². The number of halogens is 1. The van der Waals surface area contributed by atoms with Crippen LogP contribution in [0.5, 0.6) is 0 Å². The maximum absolute atomic E-state index is 12.5. The van der Waals surface area contributed by atoms with Crippen molar-refractivity contribution in [1.82, 2.24) is 5.32 Å². The molecule has 0 aliphatic rings. The fraction of sp³-hybridized carbons (Fsp3) is 0.174. The number of nitrogens with one attached hydrogen (secondary N) is 3. The molecular formula is C23H22BrN3O3S. The Morgan fingerprint density at radius 1 is 1.00 bits per heavy atom. The maximum Gasteiger partial charge on any atom is 0.293 e. The second-order valence-electron chi connectivity index (χ2n) is 6.81. The van der Waals surface area contributed by atoms with Gasteiger partial charge in [-0.15, -0.1) is 0 Å². The SMILES string of the molecule is CCCCC(=O)Nc1cccc(NC(=S)NC(=O)c2ccc(-c3ccc(Br)cc3)o2)c1. The molecule has 0 radical (unpaired) electrons. The first kappa shape index (κ1) is 22.7. The van der Waals surface area contributed by atoms with Crippen molar-refractivity contribution in [3.8, 4) is 11.3 Å². The molecule has 3 rings (SSSR count). The van der Waals surface area contributed by atoms with Crippen molar-refractivity contribution in [2.24, 2.45) is 0 Å². The number of carbonyl (C=O) groups is 2. The number of thiocarbonyl (C=S) groups is 1. The van der Waals surface area contributed by atoms with Crippen LogP contribution < -0.4 is 16.0 Å². The number of furan rings is 1. The van der Waals surface area contributed by atoms with Crippen molar-refractivity contribution >= 4 is 56.4 Å². The molecule has 160 valence electrons. The third-order valence-electron chi connectivity index (χ3n) is 4.35. The average Bonchev–Trinajstić information content (AvgIpc) is 3.23. The van der Waals surface area contributed by atoms with Crippen LogP contribution in [0.2, 0.25) is 0 Å². The Labute approximate surface area is 194 Å². The Balaban J connectivity index is 1.57. The zero-order valence-corrected chi connectivity index (χ0v) is 19.3. The minimum absolute atomic E-state index is 0.0331. The van der Waals surface area contributed by atoms with E-state index in [4.69, 9.17) is 16.6 Å². The number of carbonyl (C=O) groups excluding carboxylic acids is 2. The van der Waals surface area contributed by atoms with Crippen LogP contribution in [0.25, 0.3) is 11.3 Å². The Hall–Kier alpha value is -2.97. The van der Waals surface area contributed by atoms with Gasteiger partial charge in [0.1, 0.15) is 5.76 Å². The highest BCUT2D eigenvalue weighted by Crippen LogP contribution is 2.24. The fourth-order valence-corrected chi connectivity index (χ4v) is 3.27. The molecule has 0 saturated carbocycles. The van der Waals surface area contributed by atoms with E-state index in [1.807, 2.05) is 31.2 Å². The maximum atomic E-state index is 12.5. The number of rotatable bonds is 7. The second-order valence-corrected chi connectivity index (χ2v) is 8.14. The van der Waals surface area contributed by atoms with Crippen LogP contribution in [0.4, 0.5) is 11.4 Å². The molecule has 31 heavy (non-hydrogen) atoms. The molecule has 0 fully saturated rings. The normalized spacial score (nSPS) is 10.4. The van der Waals surface area contributed by atoms with Crippen LogP contribution in [0.3, 0.4) is 0 Å². The third-order valence-corrected chi connectivity index (χ3v) is 5.08. The van der Waals surface area contributed by atoms with Crippen molar-refractivity contribution in [1.29, 1.82) is 0 Å². The number of hydrogen-bond donors (Lipinski definition) is 3. The Bertz CT molecular complexity index is 1080. The lowest BCUT2D eigenvalue weighted by Gasteiger charge is -2.11. The third kappa shape index (κ3) is 6.77. The summed E-state index contributed by atoms with van der Waals surface area (Å²) in [6.07, 6.45) is 2.29. The highest BCUT2D eigenvalue weighted by molar-refractivity contribution is 9.10. The van der Waals surface area contributed by atoms with Gasteiger partial charge in [0.15, 0.2) is 10.9 Å². The van der Waals surface area contributed by atoms with Crippen LogP contribution in [-0.2, 0) is 4.79 Å². The highest BCUT2D eigenvalue weighted by Gasteiger charge is 2.14. The van der Waals surface area contributed by atoms with E-state index in [1.54, 1.807) is 36.4 Å². The Kier molecular flexibility index (Phi) is 7.97. The zero-order chi connectivity index (χ0) is 22.2. The second kappa shape index (κ2) is 10.9. The molecule has 8 heteroatoms. The summed E-state index contributed by atoms with van der Waals surface area (Å²) in [4.78, 5) is 24.4. The monoisotopic (exact) mass is 499 g/mol. The van der Waals surface area contributed by atoms with Crippen LogP contribution in [0.15, 0.2) is 69.6 Å². The van der Waals surface area contributed by atoms with E-state index in [9.17, 15) is 9.59 Å². The number of benzene rings is 2. The zero-order valence-electron chi connectivity index (χ0n) is 16.9.